The first kappa shape index (κ1) is 26.5. The summed E-state index contributed by atoms with van der Waals surface area (Å²) >= 11 is 6.33. The van der Waals surface area contributed by atoms with Gasteiger partial charge in [-0.25, -0.2) is 18.4 Å². The summed E-state index contributed by atoms with van der Waals surface area (Å²) in [5.74, 6) is 1.14. The summed E-state index contributed by atoms with van der Waals surface area (Å²) in [5.41, 5.74) is 4.85. The summed E-state index contributed by atoms with van der Waals surface area (Å²) in [6.07, 6.45) is 3.65. The number of rotatable bonds is 6. The number of piperazine rings is 1. The lowest BCUT2D eigenvalue weighted by Gasteiger charge is -2.35. The monoisotopic (exact) mass is 571 g/mol. The Labute approximate surface area is 239 Å². The van der Waals surface area contributed by atoms with Crippen LogP contribution in [0.15, 0.2) is 96.3 Å². The van der Waals surface area contributed by atoms with Crippen LogP contribution in [-0.2, 0) is 10.0 Å². The topological polar surface area (TPSA) is 71.3 Å². The van der Waals surface area contributed by atoms with Crippen molar-refractivity contribution in [2.45, 2.75) is 24.7 Å². The Bertz CT molecular complexity index is 1760. The highest BCUT2D eigenvalue weighted by Crippen LogP contribution is 2.37. The fraction of sp³-hybridized carbons (Fsp3) is 0.226. The minimum Gasteiger partial charge on any atom is -0.353 e. The molecule has 1 aliphatic heterocycles. The third kappa shape index (κ3) is 4.87. The van der Waals surface area contributed by atoms with Gasteiger partial charge in [0.1, 0.15) is 12.1 Å². The van der Waals surface area contributed by atoms with E-state index in [2.05, 4.69) is 42.1 Å². The van der Waals surface area contributed by atoms with E-state index in [-0.39, 0.29) is 0 Å². The maximum Gasteiger partial charge on any atom is 0.243 e. The SMILES string of the molecule is CC(C)c1ccc(S(=O)(=O)N2CCN(c3ncnc4c3c(-c3ccccc3)cn4-c3cccc(Cl)c3)CC2)cc1. The maximum atomic E-state index is 13.4. The fourth-order valence-electron chi connectivity index (χ4n) is 5.26. The highest BCUT2D eigenvalue weighted by Gasteiger charge is 2.30. The Morgan fingerprint density at radius 1 is 0.850 bits per heavy atom. The van der Waals surface area contributed by atoms with Crippen molar-refractivity contribution in [3.63, 3.8) is 0 Å². The predicted octanol–water partition coefficient (Wildman–Crippen LogP) is 6.38. The van der Waals surface area contributed by atoms with E-state index in [0.29, 0.717) is 42.0 Å². The van der Waals surface area contributed by atoms with Crippen molar-refractivity contribution >= 4 is 38.5 Å². The van der Waals surface area contributed by atoms with Gasteiger partial charge in [-0.3, -0.25) is 0 Å². The first-order chi connectivity index (χ1) is 19.3. The van der Waals surface area contributed by atoms with E-state index < -0.39 is 10.0 Å². The van der Waals surface area contributed by atoms with Gasteiger partial charge in [-0.2, -0.15) is 4.31 Å². The second kappa shape index (κ2) is 10.7. The van der Waals surface area contributed by atoms with Gasteiger partial charge in [0.2, 0.25) is 10.0 Å². The zero-order valence-electron chi connectivity index (χ0n) is 22.4. The fourth-order valence-corrected chi connectivity index (χ4v) is 6.87. The third-order valence-corrected chi connectivity index (χ3v) is 9.60. The molecule has 0 aliphatic carbocycles. The van der Waals surface area contributed by atoms with E-state index in [1.165, 1.54) is 0 Å². The molecule has 7 nitrogen and oxygen atoms in total. The van der Waals surface area contributed by atoms with Crippen LogP contribution >= 0.6 is 11.6 Å². The van der Waals surface area contributed by atoms with Crippen molar-refractivity contribution < 1.29 is 8.42 Å². The largest absolute Gasteiger partial charge is 0.353 e. The molecule has 0 radical (unpaired) electrons. The maximum absolute atomic E-state index is 13.4. The van der Waals surface area contributed by atoms with Gasteiger partial charge >= 0.3 is 0 Å². The van der Waals surface area contributed by atoms with E-state index >= 15 is 0 Å². The Hall–Kier alpha value is -3.72. The van der Waals surface area contributed by atoms with E-state index in [0.717, 1.165) is 39.2 Å². The van der Waals surface area contributed by atoms with Gasteiger partial charge in [0.25, 0.3) is 0 Å². The van der Waals surface area contributed by atoms with Crippen molar-refractivity contribution in [1.29, 1.82) is 0 Å². The van der Waals surface area contributed by atoms with Gasteiger partial charge in [-0.15, -0.1) is 0 Å². The van der Waals surface area contributed by atoms with Crippen molar-refractivity contribution in [2.75, 3.05) is 31.1 Å². The molecule has 5 aromatic rings. The van der Waals surface area contributed by atoms with E-state index in [9.17, 15) is 8.42 Å². The van der Waals surface area contributed by atoms with Crippen LogP contribution in [0.2, 0.25) is 5.02 Å². The number of nitrogens with zero attached hydrogens (tertiary/aromatic N) is 5. The molecule has 0 N–H and O–H groups in total. The minimum atomic E-state index is -3.58. The van der Waals surface area contributed by atoms with Crippen molar-refractivity contribution in [3.8, 4) is 16.8 Å². The number of fused-ring (bicyclic) bond motifs is 1. The van der Waals surface area contributed by atoms with Crippen LogP contribution in [0.1, 0.15) is 25.3 Å². The number of halogens is 1. The molecule has 0 bridgehead atoms. The van der Waals surface area contributed by atoms with Gasteiger partial charge in [-0.05, 0) is 47.4 Å². The van der Waals surface area contributed by atoms with Crippen LogP contribution < -0.4 is 4.90 Å². The van der Waals surface area contributed by atoms with E-state index in [4.69, 9.17) is 16.6 Å². The molecule has 204 valence electrons. The number of hydrogen-bond acceptors (Lipinski definition) is 5. The van der Waals surface area contributed by atoms with Crippen LogP contribution in [0.5, 0.6) is 0 Å². The average molecular weight is 572 g/mol. The molecule has 2 aromatic heterocycles. The minimum absolute atomic E-state index is 0.333. The number of hydrogen-bond donors (Lipinski definition) is 0. The lowest BCUT2D eigenvalue weighted by Crippen LogP contribution is -2.49. The summed E-state index contributed by atoms with van der Waals surface area (Å²) in [4.78, 5) is 11.9. The molecular weight excluding hydrogens is 542 g/mol. The summed E-state index contributed by atoms with van der Waals surface area (Å²) in [6.45, 7) is 5.97. The second-order valence-corrected chi connectivity index (χ2v) is 12.6. The van der Waals surface area contributed by atoms with Crippen LogP contribution in [0.3, 0.4) is 0 Å². The molecule has 1 saturated heterocycles. The number of anilines is 1. The summed E-state index contributed by atoms with van der Waals surface area (Å²) < 4.78 is 30.4. The highest BCUT2D eigenvalue weighted by molar-refractivity contribution is 7.89. The van der Waals surface area contributed by atoms with E-state index in [1.54, 1.807) is 22.8 Å². The standard InChI is InChI=1S/C31H30ClN5O2S/c1-22(2)23-11-13-27(14-12-23)40(38,39)36-17-15-35(16-18-36)30-29-28(24-7-4-3-5-8-24)20-37(31(29)34-21-33-30)26-10-6-9-25(32)19-26/h3-14,19-22H,15-18H2,1-2H3. The molecular formula is C31H30ClN5O2S. The molecule has 3 aromatic carbocycles. The van der Waals surface area contributed by atoms with Gasteiger partial charge < -0.3 is 9.47 Å². The molecule has 0 unspecified atom stereocenters. The summed E-state index contributed by atoms with van der Waals surface area (Å²) in [5, 5.41) is 1.57. The summed E-state index contributed by atoms with van der Waals surface area (Å²) in [6, 6.07) is 25.1. The zero-order chi connectivity index (χ0) is 27.9. The lowest BCUT2D eigenvalue weighted by molar-refractivity contribution is 0.384. The van der Waals surface area contributed by atoms with Crippen molar-refractivity contribution in [2.24, 2.45) is 0 Å². The van der Waals surface area contributed by atoms with Crippen molar-refractivity contribution in [3.05, 3.63) is 102 Å². The Balaban J connectivity index is 1.35. The molecule has 0 spiro atoms. The molecule has 1 aliphatic rings. The quantitative estimate of drug-likeness (QED) is 0.237. The first-order valence-corrected chi connectivity index (χ1v) is 15.2. The second-order valence-electron chi connectivity index (χ2n) is 10.3. The molecule has 40 heavy (non-hydrogen) atoms. The lowest BCUT2D eigenvalue weighted by atomic mass is 10.0. The van der Waals surface area contributed by atoms with Gasteiger partial charge in [0.05, 0.1) is 10.3 Å². The molecule has 9 heteroatoms. The molecule has 0 saturated carbocycles. The Kier molecular flexibility index (Phi) is 7.08. The normalized spacial score (nSPS) is 14.8. The van der Waals surface area contributed by atoms with Crippen LogP contribution in [-0.4, -0.2) is 53.4 Å². The number of aromatic nitrogens is 3. The smallest absolute Gasteiger partial charge is 0.243 e. The predicted molar refractivity (Wildman–Crippen MR) is 161 cm³/mol. The van der Waals surface area contributed by atoms with Crippen molar-refractivity contribution in [1.82, 2.24) is 18.8 Å². The van der Waals surface area contributed by atoms with Gasteiger partial charge in [-0.1, -0.05) is 74.0 Å². The molecule has 0 amide bonds. The van der Waals surface area contributed by atoms with Crippen LogP contribution in [0.4, 0.5) is 5.82 Å². The molecule has 3 heterocycles. The molecule has 0 atom stereocenters. The third-order valence-electron chi connectivity index (χ3n) is 7.46. The van der Waals surface area contributed by atoms with Crippen LogP contribution in [0.25, 0.3) is 27.8 Å². The van der Waals surface area contributed by atoms with E-state index in [1.807, 2.05) is 59.2 Å². The first-order valence-electron chi connectivity index (χ1n) is 13.4. The Morgan fingerprint density at radius 2 is 1.57 bits per heavy atom. The zero-order valence-corrected chi connectivity index (χ0v) is 24.0. The molecule has 1 fully saturated rings. The average Bonchev–Trinajstić information content (AvgIpc) is 3.38. The number of benzene rings is 3. The summed E-state index contributed by atoms with van der Waals surface area (Å²) in [7, 11) is -3.58. The van der Waals surface area contributed by atoms with Gasteiger partial charge in [0.15, 0.2) is 5.65 Å². The Morgan fingerprint density at radius 3 is 2.25 bits per heavy atom. The van der Waals surface area contributed by atoms with Gasteiger partial charge in [0, 0.05) is 48.6 Å². The van der Waals surface area contributed by atoms with Crippen LogP contribution in [0, 0.1) is 0 Å². The molecule has 6 rings (SSSR count). The highest BCUT2D eigenvalue weighted by atomic mass is 35.5. The number of sulfonamides is 1.